The summed E-state index contributed by atoms with van der Waals surface area (Å²) in [6.45, 7) is 8.94. The third-order valence-corrected chi connectivity index (χ3v) is 12.8. The van der Waals surface area contributed by atoms with Crippen LogP contribution >= 0.6 is 0 Å². The minimum atomic E-state index is 1.29. The third kappa shape index (κ3) is 3.93. The Bertz CT molecular complexity index is 3090. The molecule has 0 radical (unpaired) electrons. The molecule has 0 atom stereocenters. The number of fused-ring (bicyclic) bond motifs is 11. The van der Waals surface area contributed by atoms with E-state index in [2.05, 4.69) is 173 Å². The molecule has 54 heavy (non-hydrogen) atoms. The summed E-state index contributed by atoms with van der Waals surface area (Å²) >= 11 is 0. The van der Waals surface area contributed by atoms with Gasteiger partial charge in [-0.25, -0.2) is 0 Å². The summed E-state index contributed by atoms with van der Waals surface area (Å²) in [5, 5.41) is 13.2. The first kappa shape index (κ1) is 30.0. The molecule has 0 saturated carbocycles. The Kier molecular flexibility index (Phi) is 5.87. The van der Waals surface area contributed by atoms with Crippen molar-refractivity contribution >= 4 is 53.9 Å². The van der Waals surface area contributed by atoms with Crippen molar-refractivity contribution in [1.29, 1.82) is 0 Å². The molecule has 0 N–H and O–H groups in total. The fourth-order valence-corrected chi connectivity index (χ4v) is 10.4. The van der Waals surface area contributed by atoms with Crippen LogP contribution in [0.4, 0.5) is 0 Å². The van der Waals surface area contributed by atoms with Gasteiger partial charge in [0.2, 0.25) is 0 Å². The molecule has 2 aliphatic rings. The summed E-state index contributed by atoms with van der Waals surface area (Å²) in [7, 11) is 0. The summed E-state index contributed by atoms with van der Waals surface area (Å²) in [5.41, 5.74) is 21.3. The van der Waals surface area contributed by atoms with Crippen molar-refractivity contribution in [1.82, 2.24) is 0 Å². The fraction of sp³-hybridized carbons (Fsp3) is 0.0741. The van der Waals surface area contributed by atoms with E-state index in [1.54, 1.807) is 0 Å². The molecular formula is C54H36. The number of aryl methyl sites for hydroxylation is 4. The van der Waals surface area contributed by atoms with Crippen LogP contribution in [-0.4, -0.2) is 0 Å². The van der Waals surface area contributed by atoms with Gasteiger partial charge in [-0.1, -0.05) is 97.1 Å². The highest BCUT2D eigenvalue weighted by Crippen LogP contribution is 2.53. The first-order valence-electron chi connectivity index (χ1n) is 19.2. The smallest absolute Gasteiger partial charge is 0.00259 e. The quantitative estimate of drug-likeness (QED) is 0.159. The largest absolute Gasteiger partial charge is 0.0617 e. The monoisotopic (exact) mass is 684 g/mol. The molecule has 0 fully saturated rings. The summed E-state index contributed by atoms with van der Waals surface area (Å²) in [6, 6.07) is 55.9. The molecule has 2 aliphatic carbocycles. The van der Waals surface area contributed by atoms with Gasteiger partial charge in [0.05, 0.1) is 0 Å². The van der Waals surface area contributed by atoms with Gasteiger partial charge in [0.25, 0.3) is 0 Å². The molecule has 0 saturated heterocycles. The van der Waals surface area contributed by atoms with Crippen LogP contribution in [0.15, 0.2) is 146 Å². The highest BCUT2D eigenvalue weighted by Gasteiger charge is 2.26. The topological polar surface area (TPSA) is 0 Å². The molecule has 0 heteroatoms. The van der Waals surface area contributed by atoms with Crippen LogP contribution in [0, 0.1) is 27.7 Å². The SMILES string of the molecule is Cc1cccc(C)c1-c1cc2c3c(cccc3c1)-c1cc3ccc4c5cc6c(cc5ccc4c3cc1-2)-c1cccc2cc(-c3c(C)cccc3C)cc-6c12. The van der Waals surface area contributed by atoms with Crippen LogP contribution in [0.2, 0.25) is 0 Å². The predicted molar refractivity (Wildman–Crippen MR) is 233 cm³/mol. The van der Waals surface area contributed by atoms with E-state index in [1.807, 2.05) is 0 Å². The third-order valence-electron chi connectivity index (χ3n) is 12.8. The minimum absolute atomic E-state index is 1.29. The van der Waals surface area contributed by atoms with E-state index in [1.165, 1.54) is 143 Å². The lowest BCUT2D eigenvalue weighted by molar-refractivity contribution is 1.38. The molecule has 0 unspecified atom stereocenters. The molecular weight excluding hydrogens is 649 g/mol. The van der Waals surface area contributed by atoms with E-state index in [-0.39, 0.29) is 0 Å². The van der Waals surface area contributed by atoms with Crippen LogP contribution in [0.25, 0.3) is 121 Å². The molecule has 0 aliphatic heterocycles. The van der Waals surface area contributed by atoms with Gasteiger partial charge in [-0.3, -0.25) is 0 Å². The van der Waals surface area contributed by atoms with Gasteiger partial charge in [0.1, 0.15) is 0 Å². The van der Waals surface area contributed by atoms with E-state index in [9.17, 15) is 0 Å². The Balaban J connectivity index is 1.09. The zero-order valence-electron chi connectivity index (χ0n) is 30.9. The molecule has 0 amide bonds. The number of hydrogen-bond acceptors (Lipinski definition) is 0. The first-order valence-corrected chi connectivity index (χ1v) is 19.2. The minimum Gasteiger partial charge on any atom is -0.0617 e. The molecule has 10 aromatic carbocycles. The molecule has 0 heterocycles. The lowest BCUT2D eigenvalue weighted by Crippen LogP contribution is -1.89. The van der Waals surface area contributed by atoms with E-state index < -0.39 is 0 Å². The molecule has 12 rings (SSSR count). The average molecular weight is 685 g/mol. The van der Waals surface area contributed by atoms with Crippen LogP contribution in [0.1, 0.15) is 22.3 Å². The molecule has 10 aromatic rings. The van der Waals surface area contributed by atoms with Crippen LogP contribution in [0.5, 0.6) is 0 Å². The number of benzene rings is 10. The molecule has 0 nitrogen and oxygen atoms in total. The predicted octanol–water partition coefficient (Wildman–Crippen LogP) is 15.3. The van der Waals surface area contributed by atoms with Gasteiger partial charge in [-0.2, -0.15) is 0 Å². The van der Waals surface area contributed by atoms with Crippen molar-refractivity contribution in [2.24, 2.45) is 0 Å². The van der Waals surface area contributed by atoms with Crippen molar-refractivity contribution in [2.75, 3.05) is 0 Å². The Labute approximate surface area is 315 Å². The average Bonchev–Trinajstić information content (AvgIpc) is 3.66. The van der Waals surface area contributed by atoms with E-state index in [0.717, 1.165) is 0 Å². The molecule has 0 spiro atoms. The summed E-state index contributed by atoms with van der Waals surface area (Å²) in [4.78, 5) is 0. The maximum Gasteiger partial charge on any atom is -0.00259 e. The second-order valence-electron chi connectivity index (χ2n) is 15.9. The lowest BCUT2D eigenvalue weighted by Gasteiger charge is -2.14. The standard InChI is InChI=1S/C54H36/c1-29-9-5-10-30(2)51(29)37-21-35-13-7-15-41-45-23-33-17-20-40-39(43(33)27-47(45)49(25-37)53(35)41)19-18-34-24-46-42-16-8-14-36-22-38(52-31(3)11-6-12-32(52)4)26-50(54(36)42)48(46)28-44(34)40/h5-28H,1-4H3. The van der Waals surface area contributed by atoms with Gasteiger partial charge in [0, 0.05) is 0 Å². The van der Waals surface area contributed by atoms with Crippen LogP contribution < -0.4 is 0 Å². The molecule has 252 valence electrons. The highest BCUT2D eigenvalue weighted by molar-refractivity contribution is 6.25. The number of hydrogen-bond donors (Lipinski definition) is 0. The lowest BCUT2D eigenvalue weighted by atomic mass is 9.90. The summed E-state index contributed by atoms with van der Waals surface area (Å²) in [5.74, 6) is 0. The van der Waals surface area contributed by atoms with Gasteiger partial charge < -0.3 is 0 Å². The zero-order valence-corrected chi connectivity index (χ0v) is 30.9. The van der Waals surface area contributed by atoms with Gasteiger partial charge in [-0.05, 0) is 219 Å². The normalized spacial score (nSPS) is 12.4. The maximum atomic E-state index is 2.49. The highest BCUT2D eigenvalue weighted by atomic mass is 14.3. The summed E-state index contributed by atoms with van der Waals surface area (Å²) in [6.07, 6.45) is 0. The van der Waals surface area contributed by atoms with Crippen molar-refractivity contribution in [2.45, 2.75) is 27.7 Å². The Morgan fingerprint density at radius 1 is 0.259 bits per heavy atom. The van der Waals surface area contributed by atoms with Crippen LogP contribution in [-0.2, 0) is 0 Å². The van der Waals surface area contributed by atoms with Gasteiger partial charge in [-0.15, -0.1) is 0 Å². The van der Waals surface area contributed by atoms with E-state index in [0.29, 0.717) is 0 Å². The second kappa shape index (κ2) is 10.6. The van der Waals surface area contributed by atoms with E-state index in [4.69, 9.17) is 0 Å². The van der Waals surface area contributed by atoms with Crippen molar-refractivity contribution in [3.8, 4) is 66.8 Å². The van der Waals surface area contributed by atoms with Crippen molar-refractivity contribution < 1.29 is 0 Å². The van der Waals surface area contributed by atoms with Gasteiger partial charge >= 0.3 is 0 Å². The first-order chi connectivity index (χ1) is 26.4. The van der Waals surface area contributed by atoms with Crippen molar-refractivity contribution in [3.05, 3.63) is 168 Å². The zero-order chi connectivity index (χ0) is 36.0. The Morgan fingerprint density at radius 2 is 0.648 bits per heavy atom. The Hall–Kier alpha value is -6.50. The Morgan fingerprint density at radius 3 is 1.07 bits per heavy atom. The van der Waals surface area contributed by atoms with Gasteiger partial charge in [0.15, 0.2) is 0 Å². The van der Waals surface area contributed by atoms with E-state index >= 15 is 0 Å². The van der Waals surface area contributed by atoms with Crippen LogP contribution in [0.3, 0.4) is 0 Å². The summed E-state index contributed by atoms with van der Waals surface area (Å²) < 4.78 is 0. The molecule has 0 aromatic heterocycles. The fourth-order valence-electron chi connectivity index (χ4n) is 10.4. The second-order valence-corrected chi connectivity index (χ2v) is 15.9. The molecule has 0 bridgehead atoms. The maximum absolute atomic E-state index is 2.49. The number of rotatable bonds is 2. The van der Waals surface area contributed by atoms with Crippen molar-refractivity contribution in [3.63, 3.8) is 0 Å².